The molecule has 0 spiro atoms. The molecule has 3 nitrogen and oxygen atoms in total. The summed E-state index contributed by atoms with van der Waals surface area (Å²) in [5, 5.41) is 2.36. The lowest BCUT2D eigenvalue weighted by Crippen LogP contribution is -2.19. The van der Waals surface area contributed by atoms with Gasteiger partial charge in [-0.3, -0.25) is 9.59 Å². The standard InChI is InChI=1S/C16H12F3NO2/c1-10(21)11-6-3-5-9-14(11)20-15(22)12-7-2-4-8-13(12)16(17,18)19/h2-9H,1H3,(H,20,22). The number of rotatable bonds is 3. The summed E-state index contributed by atoms with van der Waals surface area (Å²) >= 11 is 0. The molecule has 0 aliphatic heterocycles. The number of halogens is 3. The normalized spacial score (nSPS) is 11.1. The molecule has 0 unspecified atom stereocenters. The Morgan fingerprint density at radius 1 is 0.909 bits per heavy atom. The van der Waals surface area contributed by atoms with Gasteiger partial charge in [0.2, 0.25) is 0 Å². The molecule has 0 heterocycles. The zero-order chi connectivity index (χ0) is 16.3. The minimum absolute atomic E-state index is 0.178. The molecular weight excluding hydrogens is 295 g/mol. The number of anilines is 1. The van der Waals surface area contributed by atoms with E-state index < -0.39 is 23.2 Å². The number of carbonyl (C=O) groups excluding carboxylic acids is 2. The summed E-state index contributed by atoms with van der Waals surface area (Å²) < 4.78 is 38.8. The highest BCUT2D eigenvalue weighted by Crippen LogP contribution is 2.32. The lowest BCUT2D eigenvalue weighted by Gasteiger charge is -2.13. The van der Waals surface area contributed by atoms with E-state index in [0.717, 1.165) is 12.1 Å². The van der Waals surface area contributed by atoms with E-state index in [0.29, 0.717) is 0 Å². The minimum atomic E-state index is -4.63. The summed E-state index contributed by atoms with van der Waals surface area (Å²) in [6.45, 7) is 1.31. The van der Waals surface area contributed by atoms with E-state index in [1.165, 1.54) is 31.2 Å². The summed E-state index contributed by atoms with van der Waals surface area (Å²) in [4.78, 5) is 23.6. The van der Waals surface area contributed by atoms with Gasteiger partial charge in [-0.2, -0.15) is 13.2 Å². The molecule has 0 aliphatic rings. The summed E-state index contributed by atoms with van der Waals surface area (Å²) in [5.74, 6) is -1.21. The van der Waals surface area contributed by atoms with E-state index in [1.807, 2.05) is 0 Å². The maximum Gasteiger partial charge on any atom is 0.417 e. The fraction of sp³-hybridized carbons (Fsp3) is 0.125. The van der Waals surface area contributed by atoms with Crippen molar-refractivity contribution in [2.45, 2.75) is 13.1 Å². The number of hydrogen-bond acceptors (Lipinski definition) is 2. The van der Waals surface area contributed by atoms with Crippen molar-refractivity contribution in [2.24, 2.45) is 0 Å². The monoisotopic (exact) mass is 307 g/mol. The van der Waals surface area contributed by atoms with Gasteiger partial charge in [-0.05, 0) is 31.2 Å². The molecule has 6 heteroatoms. The van der Waals surface area contributed by atoms with Crippen molar-refractivity contribution in [3.63, 3.8) is 0 Å². The number of alkyl halides is 3. The fourth-order valence-electron chi connectivity index (χ4n) is 2.02. The molecule has 0 saturated heterocycles. The molecule has 0 aliphatic carbocycles. The van der Waals surface area contributed by atoms with Gasteiger partial charge in [-0.25, -0.2) is 0 Å². The molecule has 2 aromatic rings. The second kappa shape index (κ2) is 6.01. The highest BCUT2D eigenvalue weighted by molar-refractivity contribution is 6.09. The largest absolute Gasteiger partial charge is 0.417 e. The van der Waals surface area contributed by atoms with Crippen molar-refractivity contribution in [3.8, 4) is 0 Å². The second-order valence-corrected chi connectivity index (χ2v) is 4.60. The lowest BCUT2D eigenvalue weighted by atomic mass is 10.1. The third-order valence-electron chi connectivity index (χ3n) is 3.03. The van der Waals surface area contributed by atoms with Crippen LogP contribution in [0, 0.1) is 0 Å². The van der Waals surface area contributed by atoms with Gasteiger partial charge in [0.25, 0.3) is 5.91 Å². The molecule has 0 bridgehead atoms. The molecule has 1 amide bonds. The highest BCUT2D eigenvalue weighted by Gasteiger charge is 2.34. The Hall–Kier alpha value is -2.63. The topological polar surface area (TPSA) is 46.2 Å². The lowest BCUT2D eigenvalue weighted by molar-refractivity contribution is -0.137. The van der Waals surface area contributed by atoms with Crippen LogP contribution in [0.2, 0.25) is 0 Å². The van der Waals surface area contributed by atoms with Gasteiger partial charge in [0, 0.05) is 5.56 Å². The molecule has 0 radical (unpaired) electrons. The van der Waals surface area contributed by atoms with Gasteiger partial charge in [0.15, 0.2) is 5.78 Å². The van der Waals surface area contributed by atoms with Gasteiger partial charge in [0.05, 0.1) is 16.8 Å². The Kier molecular flexibility index (Phi) is 4.30. The molecule has 0 atom stereocenters. The van der Waals surface area contributed by atoms with E-state index in [-0.39, 0.29) is 17.0 Å². The van der Waals surface area contributed by atoms with Crippen LogP contribution in [-0.2, 0) is 6.18 Å². The van der Waals surface area contributed by atoms with Crippen molar-refractivity contribution in [1.29, 1.82) is 0 Å². The van der Waals surface area contributed by atoms with E-state index in [1.54, 1.807) is 12.1 Å². The van der Waals surface area contributed by atoms with Gasteiger partial charge in [-0.1, -0.05) is 24.3 Å². The average Bonchev–Trinajstić information content (AvgIpc) is 2.46. The number of para-hydroxylation sites is 1. The SMILES string of the molecule is CC(=O)c1ccccc1NC(=O)c1ccccc1C(F)(F)F. The highest BCUT2D eigenvalue weighted by atomic mass is 19.4. The predicted molar refractivity (Wildman–Crippen MR) is 75.8 cm³/mol. The quantitative estimate of drug-likeness (QED) is 0.865. The molecular formula is C16H12F3NO2. The first-order chi connectivity index (χ1) is 10.3. The van der Waals surface area contributed by atoms with E-state index >= 15 is 0 Å². The predicted octanol–water partition coefficient (Wildman–Crippen LogP) is 4.16. The summed E-state index contributed by atoms with van der Waals surface area (Å²) in [5.41, 5.74) is -1.10. The van der Waals surface area contributed by atoms with Crippen LogP contribution in [0.1, 0.15) is 33.2 Å². The number of hydrogen-bond donors (Lipinski definition) is 1. The summed E-state index contributed by atoms with van der Waals surface area (Å²) in [7, 11) is 0. The Bertz CT molecular complexity index is 723. The van der Waals surface area contributed by atoms with Gasteiger partial charge >= 0.3 is 6.18 Å². The Balaban J connectivity index is 2.38. The first-order valence-corrected chi connectivity index (χ1v) is 6.38. The van der Waals surface area contributed by atoms with Gasteiger partial charge in [-0.15, -0.1) is 0 Å². The number of benzene rings is 2. The number of Topliss-reactive ketones (excluding diaryl/α,β-unsaturated/α-hetero) is 1. The van der Waals surface area contributed by atoms with Crippen LogP contribution in [0.25, 0.3) is 0 Å². The van der Waals surface area contributed by atoms with E-state index in [4.69, 9.17) is 0 Å². The molecule has 1 N–H and O–H groups in total. The molecule has 0 aromatic heterocycles. The van der Waals surface area contributed by atoms with Crippen LogP contribution < -0.4 is 5.32 Å². The molecule has 2 rings (SSSR count). The number of ketones is 1. The van der Waals surface area contributed by atoms with Gasteiger partial charge in [0.1, 0.15) is 0 Å². The molecule has 0 fully saturated rings. The zero-order valence-electron chi connectivity index (χ0n) is 11.6. The first kappa shape index (κ1) is 15.8. The third-order valence-corrected chi connectivity index (χ3v) is 3.03. The third kappa shape index (κ3) is 3.33. The van der Waals surface area contributed by atoms with Crippen LogP contribution in [0.5, 0.6) is 0 Å². The molecule has 0 saturated carbocycles. The Labute approximate surface area is 124 Å². The van der Waals surface area contributed by atoms with Crippen LogP contribution in [0.15, 0.2) is 48.5 Å². The number of carbonyl (C=O) groups is 2. The van der Waals surface area contributed by atoms with Crippen molar-refractivity contribution in [3.05, 3.63) is 65.2 Å². The Morgan fingerprint density at radius 3 is 2.05 bits per heavy atom. The van der Waals surface area contributed by atoms with Gasteiger partial charge < -0.3 is 5.32 Å². The van der Waals surface area contributed by atoms with E-state index in [2.05, 4.69) is 5.32 Å². The van der Waals surface area contributed by atoms with Crippen LogP contribution >= 0.6 is 0 Å². The Morgan fingerprint density at radius 2 is 1.45 bits per heavy atom. The second-order valence-electron chi connectivity index (χ2n) is 4.60. The number of amides is 1. The van der Waals surface area contributed by atoms with E-state index in [9.17, 15) is 22.8 Å². The smallest absolute Gasteiger partial charge is 0.321 e. The first-order valence-electron chi connectivity index (χ1n) is 6.38. The molecule has 22 heavy (non-hydrogen) atoms. The minimum Gasteiger partial charge on any atom is -0.321 e. The molecule has 114 valence electrons. The van der Waals surface area contributed by atoms with Crippen molar-refractivity contribution in [1.82, 2.24) is 0 Å². The van der Waals surface area contributed by atoms with Crippen LogP contribution in [-0.4, -0.2) is 11.7 Å². The van der Waals surface area contributed by atoms with Crippen molar-refractivity contribution >= 4 is 17.4 Å². The fourth-order valence-corrected chi connectivity index (χ4v) is 2.02. The molecule has 2 aromatic carbocycles. The maximum atomic E-state index is 12.9. The maximum absolute atomic E-state index is 12.9. The van der Waals surface area contributed by atoms with Crippen LogP contribution in [0.4, 0.5) is 18.9 Å². The zero-order valence-corrected chi connectivity index (χ0v) is 11.6. The van der Waals surface area contributed by atoms with Crippen LogP contribution in [0.3, 0.4) is 0 Å². The average molecular weight is 307 g/mol. The number of nitrogens with one attached hydrogen (secondary N) is 1. The summed E-state index contributed by atoms with van der Waals surface area (Å²) in [6, 6.07) is 10.6. The van der Waals surface area contributed by atoms with Crippen molar-refractivity contribution in [2.75, 3.05) is 5.32 Å². The summed E-state index contributed by atoms with van der Waals surface area (Å²) in [6.07, 6.45) is -4.63. The van der Waals surface area contributed by atoms with Crippen molar-refractivity contribution < 1.29 is 22.8 Å².